The van der Waals surface area contributed by atoms with Crippen molar-refractivity contribution in [3.8, 4) is 0 Å². The Bertz CT molecular complexity index is 555. The maximum Gasteiger partial charge on any atom is 0.223 e. The molecule has 0 radical (unpaired) electrons. The molecule has 0 unspecified atom stereocenters. The van der Waals surface area contributed by atoms with Crippen molar-refractivity contribution in [2.24, 2.45) is 29.6 Å². The van der Waals surface area contributed by atoms with Crippen molar-refractivity contribution in [1.82, 2.24) is 10.6 Å². The zero-order chi connectivity index (χ0) is 24.2. The molecule has 0 spiro atoms. The van der Waals surface area contributed by atoms with Crippen molar-refractivity contribution < 1.29 is 19.2 Å². The normalized spacial score (nSPS) is 15.0. The van der Waals surface area contributed by atoms with E-state index in [1.54, 1.807) is 13.8 Å². The summed E-state index contributed by atoms with van der Waals surface area (Å²) in [6, 6.07) is -0.738. The maximum absolute atomic E-state index is 12.0. The van der Waals surface area contributed by atoms with E-state index in [2.05, 4.69) is 38.3 Å². The molecule has 0 aliphatic carbocycles. The fourth-order valence-corrected chi connectivity index (χ4v) is 2.88. The Morgan fingerprint density at radius 2 is 0.967 bits per heavy atom. The standard InChI is InChI=1S/C13H25NO2.C11H21NO2/c1-8(2)7-12(9(3)4)13(16)14-10(5)11(6)15;1-7(2)6-8(3)11(14)12-9(4)10(5)13/h8-10,12H,7H2,1-6H3,(H,14,16);7-9H,6H2,1-5H3,(H,12,14)/t10-,12-;8-,9+/m01/s1. The number of nitrogens with one attached hydrogen (secondary N) is 2. The molecule has 0 aliphatic heterocycles. The van der Waals surface area contributed by atoms with Gasteiger partial charge >= 0.3 is 0 Å². The van der Waals surface area contributed by atoms with E-state index < -0.39 is 0 Å². The van der Waals surface area contributed by atoms with Crippen LogP contribution in [0.1, 0.15) is 89.0 Å². The topological polar surface area (TPSA) is 92.3 Å². The molecule has 0 saturated heterocycles. The Balaban J connectivity index is 0. The first-order valence-electron chi connectivity index (χ1n) is 11.2. The van der Waals surface area contributed by atoms with Crippen LogP contribution in [0, 0.1) is 29.6 Å². The van der Waals surface area contributed by atoms with Crippen LogP contribution in [0.15, 0.2) is 0 Å². The van der Waals surface area contributed by atoms with Gasteiger partial charge in [-0.1, -0.05) is 48.5 Å². The lowest BCUT2D eigenvalue weighted by atomic mass is 9.86. The molecule has 30 heavy (non-hydrogen) atoms. The number of carbonyl (C=O) groups is 4. The third-order valence-electron chi connectivity index (χ3n) is 5.08. The molecule has 0 rings (SSSR count). The van der Waals surface area contributed by atoms with E-state index >= 15 is 0 Å². The zero-order valence-electron chi connectivity index (χ0n) is 21.1. The van der Waals surface area contributed by atoms with Gasteiger partial charge in [0.15, 0.2) is 11.6 Å². The molecule has 0 saturated carbocycles. The van der Waals surface area contributed by atoms with Crippen molar-refractivity contribution >= 4 is 23.4 Å². The molecule has 4 atom stereocenters. The van der Waals surface area contributed by atoms with Gasteiger partial charge in [-0.05, 0) is 58.3 Å². The summed E-state index contributed by atoms with van der Waals surface area (Å²) in [6.45, 7) is 20.8. The van der Waals surface area contributed by atoms with Gasteiger partial charge in [-0.25, -0.2) is 0 Å². The van der Waals surface area contributed by atoms with Gasteiger partial charge in [0.1, 0.15) is 0 Å². The van der Waals surface area contributed by atoms with Gasteiger partial charge in [0.05, 0.1) is 12.1 Å². The van der Waals surface area contributed by atoms with Crippen LogP contribution in [-0.2, 0) is 19.2 Å². The highest BCUT2D eigenvalue weighted by Crippen LogP contribution is 2.20. The van der Waals surface area contributed by atoms with E-state index in [0.717, 1.165) is 12.8 Å². The lowest BCUT2D eigenvalue weighted by Crippen LogP contribution is -2.42. The number of carbonyl (C=O) groups excluding carboxylic acids is 4. The minimum Gasteiger partial charge on any atom is -0.346 e. The Morgan fingerprint density at radius 1 is 0.600 bits per heavy atom. The van der Waals surface area contributed by atoms with Gasteiger partial charge in [0.2, 0.25) is 11.8 Å². The van der Waals surface area contributed by atoms with Gasteiger partial charge in [-0.15, -0.1) is 0 Å². The molecule has 0 aliphatic rings. The summed E-state index contributed by atoms with van der Waals surface area (Å²) >= 11 is 0. The Hall–Kier alpha value is -1.72. The summed E-state index contributed by atoms with van der Waals surface area (Å²) < 4.78 is 0. The summed E-state index contributed by atoms with van der Waals surface area (Å²) in [5.74, 6) is 1.26. The molecular weight excluding hydrogens is 380 g/mol. The smallest absolute Gasteiger partial charge is 0.223 e. The van der Waals surface area contributed by atoms with Gasteiger partial charge in [0.25, 0.3) is 0 Å². The highest BCUT2D eigenvalue weighted by atomic mass is 16.2. The largest absolute Gasteiger partial charge is 0.346 e. The van der Waals surface area contributed by atoms with Gasteiger partial charge in [-0.2, -0.15) is 0 Å². The van der Waals surface area contributed by atoms with Crippen LogP contribution in [0.25, 0.3) is 0 Å². The Labute approximate surface area is 184 Å². The lowest BCUT2D eigenvalue weighted by Gasteiger charge is -2.23. The zero-order valence-corrected chi connectivity index (χ0v) is 21.1. The Kier molecular flexibility index (Phi) is 15.4. The monoisotopic (exact) mass is 426 g/mol. The number of Topliss-reactive ketones (excluding diaryl/α,β-unsaturated/α-hetero) is 2. The van der Waals surface area contributed by atoms with Gasteiger partial charge < -0.3 is 10.6 Å². The fraction of sp³-hybridized carbons (Fsp3) is 0.833. The number of amides is 2. The molecule has 2 N–H and O–H groups in total. The average molecular weight is 427 g/mol. The molecule has 0 heterocycles. The van der Waals surface area contributed by atoms with Gasteiger partial charge in [0, 0.05) is 11.8 Å². The predicted molar refractivity (Wildman–Crippen MR) is 123 cm³/mol. The second-order valence-corrected chi connectivity index (χ2v) is 9.69. The highest BCUT2D eigenvalue weighted by Gasteiger charge is 2.25. The molecule has 0 aromatic rings. The number of hydrogen-bond donors (Lipinski definition) is 2. The van der Waals surface area contributed by atoms with Crippen LogP contribution in [0.4, 0.5) is 0 Å². The van der Waals surface area contributed by atoms with Crippen LogP contribution in [0.3, 0.4) is 0 Å². The number of rotatable bonds is 11. The third kappa shape index (κ3) is 14.3. The first-order chi connectivity index (χ1) is 13.6. The molecule has 0 bridgehead atoms. The summed E-state index contributed by atoms with van der Waals surface area (Å²) in [5, 5.41) is 5.47. The lowest BCUT2D eigenvalue weighted by molar-refractivity contribution is -0.130. The van der Waals surface area contributed by atoms with Crippen LogP contribution < -0.4 is 10.6 Å². The summed E-state index contributed by atoms with van der Waals surface area (Å²) in [7, 11) is 0. The SMILES string of the molecule is CC(=O)[C@H](C)NC(=O)[C@@H](CC(C)C)C(C)C.CC(=O)[C@H](C)NC(=O)[C@H](C)CC(C)C. The van der Waals surface area contributed by atoms with Crippen molar-refractivity contribution in [2.45, 2.75) is 101 Å². The minimum absolute atomic E-state index is 0.000373. The fourth-order valence-electron chi connectivity index (χ4n) is 2.88. The Morgan fingerprint density at radius 3 is 1.27 bits per heavy atom. The van der Waals surface area contributed by atoms with E-state index in [1.807, 2.05) is 20.8 Å². The van der Waals surface area contributed by atoms with Crippen LogP contribution in [0.2, 0.25) is 0 Å². The second-order valence-electron chi connectivity index (χ2n) is 9.69. The first kappa shape index (κ1) is 30.5. The van der Waals surface area contributed by atoms with E-state index in [1.165, 1.54) is 13.8 Å². The van der Waals surface area contributed by atoms with Crippen LogP contribution in [0.5, 0.6) is 0 Å². The van der Waals surface area contributed by atoms with E-state index in [4.69, 9.17) is 0 Å². The van der Waals surface area contributed by atoms with Crippen molar-refractivity contribution in [3.05, 3.63) is 0 Å². The van der Waals surface area contributed by atoms with Crippen molar-refractivity contribution in [2.75, 3.05) is 0 Å². The average Bonchev–Trinajstić information content (AvgIpc) is 2.58. The first-order valence-corrected chi connectivity index (χ1v) is 11.2. The van der Waals surface area contributed by atoms with E-state index in [-0.39, 0.29) is 47.3 Å². The predicted octanol–water partition coefficient (Wildman–Crippen LogP) is 4.16. The quantitative estimate of drug-likeness (QED) is 0.519. The van der Waals surface area contributed by atoms with Crippen molar-refractivity contribution in [3.63, 3.8) is 0 Å². The third-order valence-corrected chi connectivity index (χ3v) is 5.08. The van der Waals surface area contributed by atoms with Gasteiger partial charge in [-0.3, -0.25) is 19.2 Å². The molecule has 0 aromatic carbocycles. The molecular formula is C24H46N2O4. The number of ketones is 2. The molecule has 6 heteroatoms. The maximum atomic E-state index is 12.0. The van der Waals surface area contributed by atoms with E-state index in [9.17, 15) is 19.2 Å². The second kappa shape index (κ2) is 15.1. The molecule has 176 valence electrons. The van der Waals surface area contributed by atoms with E-state index in [0.29, 0.717) is 17.8 Å². The highest BCUT2D eigenvalue weighted by molar-refractivity contribution is 5.88. The van der Waals surface area contributed by atoms with Crippen LogP contribution in [-0.4, -0.2) is 35.5 Å². The summed E-state index contributed by atoms with van der Waals surface area (Å²) in [4.78, 5) is 45.5. The molecule has 0 fully saturated rings. The number of hydrogen-bond acceptors (Lipinski definition) is 4. The molecule has 2 amide bonds. The summed E-state index contributed by atoms with van der Waals surface area (Å²) in [5.41, 5.74) is 0. The molecule has 6 nitrogen and oxygen atoms in total. The van der Waals surface area contributed by atoms with Crippen molar-refractivity contribution in [1.29, 1.82) is 0 Å². The molecule has 0 aromatic heterocycles. The van der Waals surface area contributed by atoms with Crippen LogP contribution >= 0.6 is 0 Å². The minimum atomic E-state index is -0.374. The summed E-state index contributed by atoms with van der Waals surface area (Å²) in [6.07, 6.45) is 1.73.